The van der Waals surface area contributed by atoms with Gasteiger partial charge >= 0.3 is 5.97 Å². The molecule has 0 aliphatic heterocycles. The molecule has 0 atom stereocenters. The number of carboxylic acid groups (broad SMARTS) is 1. The van der Waals surface area contributed by atoms with Crippen LogP contribution in [0.3, 0.4) is 0 Å². The summed E-state index contributed by atoms with van der Waals surface area (Å²) in [6.07, 6.45) is 1.93. The Labute approximate surface area is 126 Å². The molecule has 0 saturated carbocycles. The van der Waals surface area contributed by atoms with E-state index in [-0.39, 0.29) is 5.69 Å². The molecule has 112 valence electrons. The average Bonchev–Trinajstić information content (AvgIpc) is 2.87. The Hall–Kier alpha value is -2.15. The number of methoxy groups -OCH3 is 2. The monoisotopic (exact) mass is 308 g/mol. The Morgan fingerprint density at radius 3 is 2.52 bits per heavy atom. The molecule has 0 amide bonds. The highest BCUT2D eigenvalue weighted by atomic mass is 32.2. The van der Waals surface area contributed by atoms with Gasteiger partial charge < -0.3 is 14.6 Å². The smallest absolute Gasteiger partial charge is 0.356 e. The van der Waals surface area contributed by atoms with E-state index in [9.17, 15) is 4.79 Å². The molecule has 0 bridgehead atoms. The van der Waals surface area contributed by atoms with Crippen LogP contribution < -0.4 is 9.47 Å². The largest absolute Gasteiger partial charge is 0.495 e. The third-order valence-electron chi connectivity index (χ3n) is 3.08. The van der Waals surface area contributed by atoms with Crippen LogP contribution in [-0.2, 0) is 7.05 Å². The molecular formula is C14H16N2O4S. The normalized spacial score (nSPS) is 10.5. The van der Waals surface area contributed by atoms with Crippen LogP contribution >= 0.6 is 11.8 Å². The van der Waals surface area contributed by atoms with E-state index in [2.05, 4.69) is 5.10 Å². The Balaban J connectivity index is 2.66. The molecule has 0 saturated heterocycles. The van der Waals surface area contributed by atoms with E-state index in [0.29, 0.717) is 17.2 Å². The molecule has 0 unspecified atom stereocenters. The van der Waals surface area contributed by atoms with E-state index in [1.807, 2.05) is 18.4 Å². The maximum Gasteiger partial charge on any atom is 0.356 e. The van der Waals surface area contributed by atoms with Gasteiger partial charge in [0.1, 0.15) is 11.5 Å². The molecule has 1 heterocycles. The van der Waals surface area contributed by atoms with Crippen LogP contribution in [-0.4, -0.2) is 41.3 Å². The first-order valence-corrected chi connectivity index (χ1v) is 7.32. The van der Waals surface area contributed by atoms with Crippen molar-refractivity contribution in [1.82, 2.24) is 9.78 Å². The number of rotatable bonds is 5. The van der Waals surface area contributed by atoms with Crippen molar-refractivity contribution in [3.05, 3.63) is 23.9 Å². The summed E-state index contributed by atoms with van der Waals surface area (Å²) >= 11 is 1.50. The number of aryl methyl sites for hydroxylation is 1. The summed E-state index contributed by atoms with van der Waals surface area (Å²) in [6, 6.07) is 5.19. The van der Waals surface area contributed by atoms with Gasteiger partial charge in [0.25, 0.3) is 0 Å². The second kappa shape index (κ2) is 6.09. The SMILES string of the molecule is COc1ccc(-c2cc(C(=O)O)nn2C)c(OC)c1SC. The van der Waals surface area contributed by atoms with Gasteiger partial charge in [0.15, 0.2) is 5.69 Å². The lowest BCUT2D eigenvalue weighted by Crippen LogP contribution is -2.00. The predicted molar refractivity (Wildman–Crippen MR) is 80.5 cm³/mol. The molecule has 1 N–H and O–H groups in total. The number of nitrogens with zero attached hydrogens (tertiary/aromatic N) is 2. The van der Waals surface area contributed by atoms with E-state index >= 15 is 0 Å². The van der Waals surface area contributed by atoms with Crippen molar-refractivity contribution in [2.45, 2.75) is 4.90 Å². The number of hydrogen-bond donors (Lipinski definition) is 1. The number of benzene rings is 1. The van der Waals surface area contributed by atoms with Crippen LogP contribution in [0, 0.1) is 0 Å². The lowest BCUT2D eigenvalue weighted by Gasteiger charge is -2.15. The zero-order valence-corrected chi connectivity index (χ0v) is 13.0. The summed E-state index contributed by atoms with van der Waals surface area (Å²) in [4.78, 5) is 11.9. The second-order valence-electron chi connectivity index (χ2n) is 4.23. The van der Waals surface area contributed by atoms with Gasteiger partial charge in [0.05, 0.1) is 24.8 Å². The first-order chi connectivity index (χ1) is 10.0. The summed E-state index contributed by atoms with van der Waals surface area (Å²) in [7, 11) is 4.87. The van der Waals surface area contributed by atoms with Crippen LogP contribution in [0.2, 0.25) is 0 Å². The van der Waals surface area contributed by atoms with Crippen molar-refractivity contribution in [3.8, 4) is 22.8 Å². The predicted octanol–water partition coefficient (Wildman–Crippen LogP) is 2.52. The Bertz CT molecular complexity index is 682. The lowest BCUT2D eigenvalue weighted by molar-refractivity contribution is 0.0689. The third kappa shape index (κ3) is 2.69. The minimum atomic E-state index is -1.06. The van der Waals surface area contributed by atoms with Gasteiger partial charge in [0.2, 0.25) is 0 Å². The quantitative estimate of drug-likeness (QED) is 0.856. The van der Waals surface area contributed by atoms with Crippen LogP contribution in [0.5, 0.6) is 11.5 Å². The van der Waals surface area contributed by atoms with Crippen LogP contribution in [0.4, 0.5) is 0 Å². The molecule has 0 radical (unpaired) electrons. The highest BCUT2D eigenvalue weighted by Crippen LogP contribution is 2.43. The standard InChI is InChI=1S/C14H16N2O4S/c1-16-10(7-9(15-16)14(17)18)8-5-6-11(19-2)13(21-4)12(8)20-3/h5-7H,1-4H3,(H,17,18). The van der Waals surface area contributed by atoms with Crippen LogP contribution in [0.1, 0.15) is 10.5 Å². The first kappa shape index (κ1) is 15.2. The number of aromatic carboxylic acids is 1. The molecule has 0 fully saturated rings. The van der Waals surface area contributed by atoms with Crippen molar-refractivity contribution in [1.29, 1.82) is 0 Å². The van der Waals surface area contributed by atoms with E-state index in [1.165, 1.54) is 22.5 Å². The average molecular weight is 308 g/mol. The van der Waals surface area contributed by atoms with Gasteiger partial charge in [0, 0.05) is 12.6 Å². The van der Waals surface area contributed by atoms with Gasteiger partial charge in [-0.1, -0.05) is 0 Å². The molecule has 2 aromatic rings. The van der Waals surface area contributed by atoms with Crippen molar-refractivity contribution < 1.29 is 19.4 Å². The number of carboxylic acids is 1. The number of carbonyl (C=O) groups is 1. The zero-order chi connectivity index (χ0) is 15.6. The molecule has 0 aliphatic rings. The van der Waals surface area contributed by atoms with Gasteiger partial charge in [-0.25, -0.2) is 4.79 Å². The van der Waals surface area contributed by atoms with Crippen LogP contribution in [0.15, 0.2) is 23.1 Å². The maximum absolute atomic E-state index is 11.0. The third-order valence-corrected chi connectivity index (χ3v) is 3.87. The minimum absolute atomic E-state index is 0.00364. The lowest BCUT2D eigenvalue weighted by atomic mass is 10.1. The van der Waals surface area contributed by atoms with Gasteiger partial charge in [-0.3, -0.25) is 4.68 Å². The Morgan fingerprint density at radius 1 is 1.33 bits per heavy atom. The zero-order valence-electron chi connectivity index (χ0n) is 12.2. The van der Waals surface area contributed by atoms with Gasteiger partial charge in [-0.2, -0.15) is 5.10 Å². The maximum atomic E-state index is 11.0. The number of thioether (sulfide) groups is 1. The molecule has 2 rings (SSSR count). The topological polar surface area (TPSA) is 73.6 Å². The summed E-state index contributed by atoms with van der Waals surface area (Å²) in [5, 5.41) is 13.0. The molecule has 21 heavy (non-hydrogen) atoms. The molecule has 6 nitrogen and oxygen atoms in total. The van der Waals surface area contributed by atoms with E-state index in [0.717, 1.165) is 10.5 Å². The molecule has 0 spiro atoms. The van der Waals surface area contributed by atoms with Gasteiger partial charge in [-0.05, 0) is 24.5 Å². The Kier molecular flexibility index (Phi) is 4.42. The molecule has 1 aromatic carbocycles. The number of hydrogen-bond acceptors (Lipinski definition) is 5. The first-order valence-electron chi connectivity index (χ1n) is 6.10. The van der Waals surface area contributed by atoms with Crippen molar-refractivity contribution in [2.24, 2.45) is 7.05 Å². The van der Waals surface area contributed by atoms with Crippen molar-refractivity contribution in [2.75, 3.05) is 20.5 Å². The second-order valence-corrected chi connectivity index (χ2v) is 5.04. The fourth-order valence-corrected chi connectivity index (χ4v) is 2.86. The number of aromatic nitrogens is 2. The highest BCUT2D eigenvalue weighted by Gasteiger charge is 2.20. The van der Waals surface area contributed by atoms with E-state index < -0.39 is 5.97 Å². The van der Waals surface area contributed by atoms with Crippen molar-refractivity contribution >= 4 is 17.7 Å². The molecule has 7 heteroatoms. The molecular weight excluding hydrogens is 292 g/mol. The summed E-state index contributed by atoms with van der Waals surface area (Å²) < 4.78 is 12.4. The van der Waals surface area contributed by atoms with E-state index in [4.69, 9.17) is 14.6 Å². The van der Waals surface area contributed by atoms with Gasteiger partial charge in [-0.15, -0.1) is 11.8 Å². The summed E-state index contributed by atoms with van der Waals surface area (Å²) in [5.41, 5.74) is 1.43. The molecule has 1 aromatic heterocycles. The minimum Gasteiger partial charge on any atom is -0.495 e. The Morgan fingerprint density at radius 2 is 2.05 bits per heavy atom. The van der Waals surface area contributed by atoms with Crippen LogP contribution in [0.25, 0.3) is 11.3 Å². The van der Waals surface area contributed by atoms with Crippen molar-refractivity contribution in [3.63, 3.8) is 0 Å². The fourth-order valence-electron chi connectivity index (χ4n) is 2.13. The summed E-state index contributed by atoms with van der Waals surface area (Å²) in [6.45, 7) is 0. The summed E-state index contributed by atoms with van der Waals surface area (Å²) in [5.74, 6) is 0.292. The molecule has 0 aliphatic carbocycles. The fraction of sp³-hybridized carbons (Fsp3) is 0.286. The highest BCUT2D eigenvalue weighted by molar-refractivity contribution is 7.98. The van der Waals surface area contributed by atoms with E-state index in [1.54, 1.807) is 21.3 Å². The number of ether oxygens (including phenoxy) is 2.